The molecule has 5 nitrogen and oxygen atoms in total. The molecule has 1 amide bonds. The number of nitrogens with zero attached hydrogens (tertiary/aromatic N) is 2. The number of fused-ring (bicyclic) bond motifs is 1. The van der Waals surface area contributed by atoms with Crippen LogP contribution in [0.4, 0.5) is 5.69 Å². The molecule has 0 bridgehead atoms. The number of hydrogen-bond acceptors (Lipinski definition) is 3. The molecule has 1 aliphatic rings. The van der Waals surface area contributed by atoms with Crippen molar-refractivity contribution >= 4 is 21.8 Å². The zero-order chi connectivity index (χ0) is 11.2. The number of carbonyl (C=O) groups excluding carboxylic acids is 1. The Morgan fingerprint density at radius 3 is 2.33 bits per heavy atom. The largest absolute Gasteiger partial charge is 0.328 e. The lowest BCUT2D eigenvalue weighted by atomic mass is 10.1. The van der Waals surface area contributed by atoms with Gasteiger partial charge in [-0.05, 0) is 12.1 Å². The van der Waals surface area contributed by atoms with E-state index in [0.717, 1.165) is 8.61 Å². The zero-order valence-electron chi connectivity index (χ0n) is 8.34. The van der Waals surface area contributed by atoms with Gasteiger partial charge in [-0.1, -0.05) is 12.1 Å². The van der Waals surface area contributed by atoms with Crippen molar-refractivity contribution < 1.29 is 13.2 Å². The summed E-state index contributed by atoms with van der Waals surface area (Å²) in [6.45, 7) is 0. The van der Waals surface area contributed by atoms with Crippen LogP contribution in [0.15, 0.2) is 24.3 Å². The molecule has 0 aromatic heterocycles. The zero-order valence-corrected chi connectivity index (χ0v) is 9.15. The minimum absolute atomic E-state index is 0.400. The summed E-state index contributed by atoms with van der Waals surface area (Å²) in [7, 11) is -1.00. The average molecular weight is 226 g/mol. The van der Waals surface area contributed by atoms with Crippen molar-refractivity contribution in [3.8, 4) is 0 Å². The molecule has 1 heterocycles. The molecule has 1 aliphatic heterocycles. The van der Waals surface area contributed by atoms with Crippen LogP contribution in [0.3, 0.4) is 0 Å². The molecule has 0 saturated heterocycles. The molecule has 0 fully saturated rings. The van der Waals surface area contributed by atoms with Crippen LogP contribution in [0.1, 0.15) is 10.4 Å². The maximum absolute atomic E-state index is 11.7. The summed E-state index contributed by atoms with van der Waals surface area (Å²) in [6.07, 6.45) is 0. The average Bonchev–Trinajstić information content (AvgIpc) is 2.24. The Morgan fingerprint density at radius 1 is 1.07 bits per heavy atom. The second-order valence-corrected chi connectivity index (χ2v) is 5.26. The van der Waals surface area contributed by atoms with Gasteiger partial charge in [0.1, 0.15) is 0 Å². The summed E-state index contributed by atoms with van der Waals surface area (Å²) in [6, 6.07) is 6.62. The van der Waals surface area contributed by atoms with E-state index in [1.165, 1.54) is 14.1 Å². The summed E-state index contributed by atoms with van der Waals surface area (Å²) in [5.41, 5.74) is 0.818. The van der Waals surface area contributed by atoms with Crippen LogP contribution in [-0.2, 0) is 10.2 Å². The van der Waals surface area contributed by atoms with Crippen molar-refractivity contribution in [2.24, 2.45) is 0 Å². The molecule has 80 valence electrons. The Hall–Kier alpha value is -1.56. The van der Waals surface area contributed by atoms with Gasteiger partial charge in [-0.2, -0.15) is 8.42 Å². The van der Waals surface area contributed by atoms with Gasteiger partial charge in [0.15, 0.2) is 0 Å². The summed E-state index contributed by atoms with van der Waals surface area (Å²) < 4.78 is 25.3. The molecular weight excluding hydrogens is 216 g/mol. The van der Waals surface area contributed by atoms with E-state index in [2.05, 4.69) is 0 Å². The highest BCUT2D eigenvalue weighted by Crippen LogP contribution is 2.29. The fourth-order valence-electron chi connectivity index (χ4n) is 1.51. The van der Waals surface area contributed by atoms with E-state index < -0.39 is 16.1 Å². The van der Waals surface area contributed by atoms with E-state index >= 15 is 0 Å². The lowest BCUT2D eigenvalue weighted by molar-refractivity contribution is 0.0880. The van der Waals surface area contributed by atoms with E-state index in [0.29, 0.717) is 11.3 Å². The van der Waals surface area contributed by atoms with Crippen molar-refractivity contribution in [3.63, 3.8) is 0 Å². The van der Waals surface area contributed by atoms with Crippen LogP contribution in [-0.4, -0.2) is 32.7 Å². The van der Waals surface area contributed by atoms with Gasteiger partial charge in [-0.3, -0.25) is 9.10 Å². The van der Waals surface area contributed by atoms with Gasteiger partial charge >= 0.3 is 10.2 Å². The normalized spacial score (nSPS) is 18.9. The van der Waals surface area contributed by atoms with E-state index in [1.807, 2.05) is 0 Å². The van der Waals surface area contributed by atoms with Crippen molar-refractivity contribution in [3.05, 3.63) is 29.8 Å². The molecule has 1 aromatic rings. The maximum atomic E-state index is 11.7. The van der Waals surface area contributed by atoms with E-state index in [1.54, 1.807) is 24.3 Å². The first kappa shape index (κ1) is 9.97. The highest BCUT2D eigenvalue weighted by molar-refractivity contribution is 7.91. The van der Waals surface area contributed by atoms with Crippen molar-refractivity contribution in [2.75, 3.05) is 18.4 Å². The molecule has 0 spiro atoms. The lowest BCUT2D eigenvalue weighted by Gasteiger charge is -2.32. The molecule has 0 atom stereocenters. The number of amides is 1. The van der Waals surface area contributed by atoms with Gasteiger partial charge in [0.2, 0.25) is 0 Å². The molecule has 15 heavy (non-hydrogen) atoms. The maximum Gasteiger partial charge on any atom is 0.328 e. The van der Waals surface area contributed by atoms with Crippen molar-refractivity contribution in [1.29, 1.82) is 0 Å². The number of carbonyl (C=O) groups is 1. The van der Waals surface area contributed by atoms with Gasteiger partial charge in [0, 0.05) is 14.1 Å². The van der Waals surface area contributed by atoms with Crippen LogP contribution in [0.2, 0.25) is 0 Å². The van der Waals surface area contributed by atoms with Gasteiger partial charge in [-0.15, -0.1) is 0 Å². The Morgan fingerprint density at radius 2 is 1.67 bits per heavy atom. The number of rotatable bonds is 0. The van der Waals surface area contributed by atoms with Gasteiger partial charge in [-0.25, -0.2) is 4.31 Å². The number of para-hydroxylation sites is 1. The van der Waals surface area contributed by atoms with Crippen molar-refractivity contribution in [1.82, 2.24) is 4.31 Å². The predicted molar refractivity (Wildman–Crippen MR) is 55.9 cm³/mol. The summed E-state index contributed by atoms with van der Waals surface area (Å²) in [5, 5.41) is 0. The minimum atomic E-state index is -3.69. The summed E-state index contributed by atoms with van der Waals surface area (Å²) in [4.78, 5) is 11.7. The first-order valence-corrected chi connectivity index (χ1v) is 5.72. The number of hydrogen-bond donors (Lipinski definition) is 0. The van der Waals surface area contributed by atoms with Crippen molar-refractivity contribution in [2.45, 2.75) is 0 Å². The minimum Gasteiger partial charge on any atom is -0.268 e. The molecule has 6 heteroatoms. The number of anilines is 1. The van der Waals surface area contributed by atoms with Crippen LogP contribution < -0.4 is 4.31 Å². The SMILES string of the molecule is CN1C(=O)c2ccccc2N(C)S1(=O)=O. The molecule has 2 rings (SSSR count). The second kappa shape index (κ2) is 2.96. The third-order valence-corrected chi connectivity index (χ3v) is 4.20. The van der Waals surface area contributed by atoms with Gasteiger partial charge in [0.25, 0.3) is 5.91 Å². The second-order valence-electron chi connectivity index (χ2n) is 3.27. The Labute approximate surface area is 88.1 Å². The molecule has 0 unspecified atom stereocenters. The van der Waals surface area contributed by atoms with Gasteiger partial charge in [0.05, 0.1) is 11.3 Å². The van der Waals surface area contributed by atoms with E-state index in [9.17, 15) is 13.2 Å². The summed E-state index contributed by atoms with van der Waals surface area (Å²) in [5.74, 6) is -0.497. The van der Waals surface area contributed by atoms with Crippen LogP contribution in [0.5, 0.6) is 0 Å². The van der Waals surface area contributed by atoms with Gasteiger partial charge < -0.3 is 0 Å². The monoisotopic (exact) mass is 226 g/mol. The van der Waals surface area contributed by atoms with Crippen LogP contribution in [0.25, 0.3) is 0 Å². The molecular formula is C9H10N2O3S. The first-order chi connectivity index (χ1) is 6.96. The Kier molecular flexibility index (Phi) is 1.97. The molecule has 0 saturated carbocycles. The Balaban J connectivity index is 2.74. The fourth-order valence-corrected chi connectivity index (χ4v) is 2.59. The van der Waals surface area contributed by atoms with E-state index in [4.69, 9.17) is 0 Å². The topological polar surface area (TPSA) is 57.7 Å². The first-order valence-electron chi connectivity index (χ1n) is 4.32. The standard InChI is InChI=1S/C9H10N2O3S/c1-10-8-6-4-3-5-7(8)9(12)11(2)15(10,13)14/h3-6H,1-2H3. The van der Waals surface area contributed by atoms with Crippen LogP contribution in [0, 0.1) is 0 Å². The lowest BCUT2D eigenvalue weighted by Crippen LogP contribution is -2.47. The number of benzene rings is 1. The molecule has 0 aliphatic carbocycles. The Bertz CT molecular complexity index is 524. The third kappa shape index (κ3) is 1.21. The third-order valence-electron chi connectivity index (χ3n) is 2.45. The smallest absolute Gasteiger partial charge is 0.268 e. The van der Waals surface area contributed by atoms with Crippen LogP contribution >= 0.6 is 0 Å². The molecule has 0 radical (unpaired) electrons. The fraction of sp³-hybridized carbons (Fsp3) is 0.222. The molecule has 1 aromatic carbocycles. The quantitative estimate of drug-likeness (QED) is 0.645. The van der Waals surface area contributed by atoms with E-state index in [-0.39, 0.29) is 0 Å². The highest BCUT2D eigenvalue weighted by Gasteiger charge is 2.36. The predicted octanol–water partition coefficient (Wildman–Crippen LogP) is 0.453. The molecule has 0 N–H and O–H groups in total. The summed E-state index contributed by atoms with van der Waals surface area (Å²) >= 11 is 0. The highest BCUT2D eigenvalue weighted by atomic mass is 32.2.